The van der Waals surface area contributed by atoms with Crippen LogP contribution in [-0.4, -0.2) is 25.2 Å². The number of hydrogen-bond acceptors (Lipinski definition) is 4. The molecule has 9 heteroatoms. The molecule has 0 spiro atoms. The van der Waals surface area contributed by atoms with Crippen LogP contribution in [0, 0.1) is 0 Å². The number of aromatic nitrogens is 3. The van der Waals surface area contributed by atoms with E-state index in [0.717, 1.165) is 0 Å². The zero-order valence-electron chi connectivity index (χ0n) is 8.57. The smallest absolute Gasteiger partial charge is 0.364 e. The number of carbonyl (C=O) groups is 1. The molecule has 0 saturated carbocycles. The number of nitrogens with zero attached hydrogens (tertiary/aromatic N) is 3. The first-order chi connectivity index (χ1) is 8.06. The summed E-state index contributed by atoms with van der Waals surface area (Å²) in [6, 6.07) is 0. The maximum Gasteiger partial charge on any atom is 0.610 e. The molecule has 1 unspecified atom stereocenters. The quantitative estimate of drug-likeness (QED) is 0.636. The highest BCUT2D eigenvalue weighted by atomic mass is 31.1. The molecule has 17 heavy (non-hydrogen) atoms. The molecular formula is C8H9N5O3P+. The van der Waals surface area contributed by atoms with Gasteiger partial charge in [0.1, 0.15) is 5.69 Å². The van der Waals surface area contributed by atoms with Crippen LogP contribution < -0.4 is 10.8 Å². The summed E-state index contributed by atoms with van der Waals surface area (Å²) in [5, 5.41) is 2.36. The molecule has 0 radical (unpaired) electrons. The van der Waals surface area contributed by atoms with Crippen molar-refractivity contribution in [1.29, 1.82) is 0 Å². The topological polar surface area (TPSA) is 123 Å². The van der Waals surface area contributed by atoms with Crippen LogP contribution in [0.4, 0.5) is 0 Å². The van der Waals surface area contributed by atoms with E-state index in [-0.39, 0.29) is 12.2 Å². The van der Waals surface area contributed by atoms with Crippen LogP contribution in [0.2, 0.25) is 0 Å². The second-order valence-corrected chi connectivity index (χ2v) is 4.13. The van der Waals surface area contributed by atoms with E-state index in [0.29, 0.717) is 11.3 Å². The SMILES string of the molecule is NC(=O)c1cn2cc(CN[P+](=O)O)cnc2n1. The van der Waals surface area contributed by atoms with Gasteiger partial charge in [0.25, 0.3) is 5.91 Å². The molecule has 0 aromatic carbocycles. The average molecular weight is 254 g/mol. The van der Waals surface area contributed by atoms with Crippen molar-refractivity contribution in [3.8, 4) is 0 Å². The van der Waals surface area contributed by atoms with Gasteiger partial charge in [-0.3, -0.25) is 9.20 Å². The van der Waals surface area contributed by atoms with Gasteiger partial charge >= 0.3 is 8.18 Å². The van der Waals surface area contributed by atoms with Gasteiger partial charge in [0.2, 0.25) is 5.78 Å². The largest absolute Gasteiger partial charge is 0.610 e. The Morgan fingerprint density at radius 3 is 3.00 bits per heavy atom. The van der Waals surface area contributed by atoms with Gasteiger partial charge in [0.15, 0.2) is 0 Å². The predicted molar refractivity (Wildman–Crippen MR) is 58.2 cm³/mol. The van der Waals surface area contributed by atoms with Crippen molar-refractivity contribution < 1.29 is 14.3 Å². The Kier molecular flexibility index (Phi) is 3.10. The normalized spacial score (nSPS) is 11.7. The number of nitrogens with one attached hydrogen (secondary N) is 1. The summed E-state index contributed by atoms with van der Waals surface area (Å²) < 4.78 is 12.0. The van der Waals surface area contributed by atoms with E-state index in [2.05, 4.69) is 15.1 Å². The van der Waals surface area contributed by atoms with Crippen LogP contribution >= 0.6 is 8.18 Å². The van der Waals surface area contributed by atoms with Crippen LogP contribution in [0.5, 0.6) is 0 Å². The third-order valence-corrected chi connectivity index (χ3v) is 2.46. The Morgan fingerprint density at radius 1 is 1.59 bits per heavy atom. The van der Waals surface area contributed by atoms with Crippen molar-refractivity contribution >= 4 is 19.9 Å². The fourth-order valence-corrected chi connectivity index (χ4v) is 1.61. The Bertz CT molecular complexity index is 596. The number of hydrogen-bond donors (Lipinski definition) is 3. The lowest BCUT2D eigenvalue weighted by Crippen LogP contribution is -2.10. The van der Waals surface area contributed by atoms with Gasteiger partial charge in [-0.15, -0.1) is 4.89 Å². The number of primary amides is 1. The number of carbonyl (C=O) groups excluding carboxylic acids is 1. The Morgan fingerprint density at radius 2 is 2.35 bits per heavy atom. The summed E-state index contributed by atoms with van der Waals surface area (Å²) in [5.41, 5.74) is 5.89. The zero-order chi connectivity index (χ0) is 12.4. The first-order valence-corrected chi connectivity index (χ1v) is 5.80. The highest BCUT2D eigenvalue weighted by molar-refractivity contribution is 7.35. The van der Waals surface area contributed by atoms with Crippen molar-refractivity contribution in [2.24, 2.45) is 5.73 Å². The minimum atomic E-state index is -2.40. The second kappa shape index (κ2) is 4.54. The highest BCUT2D eigenvalue weighted by Crippen LogP contribution is 2.09. The molecule has 2 heterocycles. The lowest BCUT2D eigenvalue weighted by Gasteiger charge is -1.96. The van der Waals surface area contributed by atoms with Crippen molar-refractivity contribution in [2.75, 3.05) is 0 Å². The number of rotatable bonds is 4. The Balaban J connectivity index is 2.30. The second-order valence-electron chi connectivity index (χ2n) is 3.27. The van der Waals surface area contributed by atoms with Crippen LogP contribution in [-0.2, 0) is 11.1 Å². The van der Waals surface area contributed by atoms with Crippen LogP contribution in [0.1, 0.15) is 16.1 Å². The van der Waals surface area contributed by atoms with E-state index in [4.69, 9.17) is 10.6 Å². The molecule has 0 saturated heterocycles. The molecule has 2 rings (SSSR count). The van der Waals surface area contributed by atoms with E-state index in [9.17, 15) is 9.36 Å². The van der Waals surface area contributed by atoms with E-state index >= 15 is 0 Å². The third kappa shape index (κ3) is 2.62. The van der Waals surface area contributed by atoms with Gasteiger partial charge in [-0.1, -0.05) is 5.09 Å². The van der Waals surface area contributed by atoms with Crippen LogP contribution in [0.25, 0.3) is 5.78 Å². The maximum atomic E-state index is 10.9. The summed E-state index contributed by atoms with van der Waals surface area (Å²) >= 11 is 0. The van der Waals surface area contributed by atoms with Gasteiger partial charge < -0.3 is 5.73 Å². The number of amides is 1. The fourth-order valence-electron chi connectivity index (χ4n) is 1.30. The van der Waals surface area contributed by atoms with Gasteiger partial charge in [-0.2, -0.15) is 0 Å². The summed E-state index contributed by atoms with van der Waals surface area (Å²) in [6.07, 6.45) is 4.60. The minimum Gasteiger partial charge on any atom is -0.364 e. The van der Waals surface area contributed by atoms with Crippen molar-refractivity contribution in [3.05, 3.63) is 29.8 Å². The standard InChI is InChI=1S/C8H8N5O3P/c9-7(14)6-4-13-3-5(2-11-17(15)16)1-10-8(13)12-6/h1,3-4H,2H2,(H3-,9,11,14,15,16)/p+1. The van der Waals surface area contributed by atoms with Gasteiger partial charge in [0, 0.05) is 24.2 Å². The van der Waals surface area contributed by atoms with Gasteiger partial charge in [0.05, 0.1) is 6.54 Å². The van der Waals surface area contributed by atoms with Crippen LogP contribution in [0.3, 0.4) is 0 Å². The summed E-state index contributed by atoms with van der Waals surface area (Å²) in [5.74, 6) is -0.287. The number of fused-ring (bicyclic) bond motifs is 1. The molecular weight excluding hydrogens is 245 g/mol. The van der Waals surface area contributed by atoms with Crippen molar-refractivity contribution in [1.82, 2.24) is 19.5 Å². The molecule has 0 aliphatic rings. The average Bonchev–Trinajstić information content (AvgIpc) is 2.69. The molecule has 8 nitrogen and oxygen atoms in total. The van der Waals surface area contributed by atoms with Gasteiger partial charge in [-0.25, -0.2) is 9.97 Å². The van der Waals surface area contributed by atoms with E-state index in [1.54, 1.807) is 6.20 Å². The van der Waals surface area contributed by atoms with E-state index in [1.165, 1.54) is 16.8 Å². The molecule has 2 aromatic heterocycles. The molecule has 88 valence electrons. The molecule has 0 bridgehead atoms. The minimum absolute atomic E-state index is 0.121. The molecule has 1 atom stereocenters. The van der Waals surface area contributed by atoms with E-state index in [1.807, 2.05) is 0 Å². The molecule has 2 aromatic rings. The summed E-state index contributed by atoms with van der Waals surface area (Å²) in [6.45, 7) is 0.193. The van der Waals surface area contributed by atoms with Crippen LogP contribution in [0.15, 0.2) is 18.6 Å². The maximum absolute atomic E-state index is 10.9. The lowest BCUT2D eigenvalue weighted by molar-refractivity contribution is 0.0996. The lowest BCUT2D eigenvalue weighted by atomic mass is 10.3. The van der Waals surface area contributed by atoms with Gasteiger partial charge in [-0.05, 0) is 4.57 Å². The number of imidazole rings is 1. The summed E-state index contributed by atoms with van der Waals surface area (Å²) in [7, 11) is -2.40. The molecule has 0 fully saturated rings. The monoisotopic (exact) mass is 254 g/mol. The number of nitrogens with two attached hydrogens (primary N) is 1. The fraction of sp³-hybridized carbons (Fsp3) is 0.125. The highest BCUT2D eigenvalue weighted by Gasteiger charge is 2.11. The Hall–Kier alpha value is -1.89. The first kappa shape index (κ1) is 11.6. The Labute approximate surface area is 96.4 Å². The first-order valence-electron chi connectivity index (χ1n) is 4.59. The molecule has 0 aliphatic carbocycles. The summed E-state index contributed by atoms with van der Waals surface area (Å²) in [4.78, 5) is 27.4. The zero-order valence-corrected chi connectivity index (χ0v) is 9.46. The molecule has 1 amide bonds. The molecule has 0 aliphatic heterocycles. The van der Waals surface area contributed by atoms with E-state index < -0.39 is 14.1 Å². The third-order valence-electron chi connectivity index (χ3n) is 2.03. The predicted octanol–water partition coefficient (Wildman–Crippen LogP) is -0.433. The van der Waals surface area contributed by atoms with Crippen molar-refractivity contribution in [3.63, 3.8) is 0 Å². The molecule has 4 N–H and O–H groups in total. The van der Waals surface area contributed by atoms with Crippen molar-refractivity contribution in [2.45, 2.75) is 6.54 Å².